The Balaban J connectivity index is 1.64. The molecule has 22 heavy (non-hydrogen) atoms. The summed E-state index contributed by atoms with van der Waals surface area (Å²) in [6, 6.07) is 6.25. The summed E-state index contributed by atoms with van der Waals surface area (Å²) < 4.78 is 20.6. The lowest BCUT2D eigenvalue weighted by molar-refractivity contribution is 0.174. The highest BCUT2D eigenvalue weighted by Gasteiger charge is 2.18. The summed E-state index contributed by atoms with van der Waals surface area (Å²) in [6.07, 6.45) is 0.855. The predicted octanol–water partition coefficient (Wildman–Crippen LogP) is 2.33. The summed E-state index contributed by atoms with van der Waals surface area (Å²) in [4.78, 5) is 13.2. The van der Waals surface area contributed by atoms with Crippen LogP contribution in [-0.2, 0) is 13.0 Å². The molecule has 0 spiro atoms. The molecule has 1 atom stereocenters. The van der Waals surface area contributed by atoms with Crippen molar-refractivity contribution in [2.24, 2.45) is 0 Å². The Hall–Kier alpha value is -2.21. The van der Waals surface area contributed by atoms with Gasteiger partial charge in [0.2, 0.25) is 6.79 Å². The molecule has 1 aliphatic rings. The van der Waals surface area contributed by atoms with Crippen LogP contribution in [0.3, 0.4) is 0 Å². The van der Waals surface area contributed by atoms with Gasteiger partial charge in [0.05, 0.1) is 6.54 Å². The minimum Gasteiger partial charge on any atom is -0.454 e. The van der Waals surface area contributed by atoms with E-state index in [1.807, 2.05) is 25.2 Å². The number of hydrogen-bond acceptors (Lipinski definition) is 6. The van der Waals surface area contributed by atoms with Crippen molar-refractivity contribution in [3.05, 3.63) is 45.9 Å². The Bertz CT molecular complexity index is 718. The monoisotopic (exact) mass is 305 g/mol. The zero-order valence-corrected chi connectivity index (χ0v) is 12.9. The molecule has 118 valence electrons. The Kier molecular flexibility index (Phi) is 3.94. The molecule has 6 heteroatoms. The molecular weight excluding hydrogens is 286 g/mol. The van der Waals surface area contributed by atoms with Crippen LogP contribution in [0.4, 0.5) is 0 Å². The van der Waals surface area contributed by atoms with Crippen molar-refractivity contribution in [3.63, 3.8) is 0 Å². The smallest absolute Gasteiger partial charge is 0.454 e. The summed E-state index contributed by atoms with van der Waals surface area (Å²) in [7, 11) is 1.99. The van der Waals surface area contributed by atoms with E-state index in [9.17, 15) is 4.79 Å². The molecular formula is C16H19NO5. The normalized spacial score (nSPS) is 14.5. The molecule has 0 aliphatic carbocycles. The second-order valence-corrected chi connectivity index (χ2v) is 5.59. The zero-order chi connectivity index (χ0) is 15.7. The van der Waals surface area contributed by atoms with E-state index in [-0.39, 0.29) is 12.8 Å². The maximum absolute atomic E-state index is 11.1. The van der Waals surface area contributed by atoms with Gasteiger partial charge in [-0.25, -0.2) is 4.79 Å². The summed E-state index contributed by atoms with van der Waals surface area (Å²) >= 11 is 0. The van der Waals surface area contributed by atoms with Gasteiger partial charge in [0.15, 0.2) is 17.3 Å². The third-order valence-electron chi connectivity index (χ3n) is 3.95. The fourth-order valence-electron chi connectivity index (χ4n) is 2.47. The highest BCUT2D eigenvalue weighted by Crippen LogP contribution is 2.33. The molecule has 2 heterocycles. The molecule has 0 unspecified atom stereocenters. The zero-order valence-electron chi connectivity index (χ0n) is 12.9. The molecule has 1 aliphatic heterocycles. The van der Waals surface area contributed by atoms with Gasteiger partial charge in [0.25, 0.3) is 0 Å². The molecule has 1 aromatic heterocycles. The SMILES string of the molecule is Cc1oc(=O)oc1CN(C)[C@H](C)Cc1ccc2c(c1)OCO2. The molecule has 0 N–H and O–H groups in total. The molecule has 0 fully saturated rings. The van der Waals surface area contributed by atoms with Crippen LogP contribution in [0, 0.1) is 6.92 Å². The lowest BCUT2D eigenvalue weighted by atomic mass is 10.1. The van der Waals surface area contributed by atoms with Crippen LogP contribution < -0.4 is 15.3 Å². The van der Waals surface area contributed by atoms with Crippen LogP contribution in [0.1, 0.15) is 24.0 Å². The lowest BCUT2D eigenvalue weighted by Crippen LogP contribution is -2.30. The van der Waals surface area contributed by atoms with E-state index >= 15 is 0 Å². The number of nitrogens with zero attached hydrogens (tertiary/aromatic N) is 1. The average Bonchev–Trinajstić information content (AvgIpc) is 3.05. The van der Waals surface area contributed by atoms with Gasteiger partial charge >= 0.3 is 5.82 Å². The first-order chi connectivity index (χ1) is 10.5. The quantitative estimate of drug-likeness (QED) is 0.844. The first-order valence-corrected chi connectivity index (χ1v) is 7.21. The van der Waals surface area contributed by atoms with Crippen LogP contribution in [0.2, 0.25) is 0 Å². The first kappa shape index (κ1) is 14.7. The number of benzene rings is 1. The summed E-state index contributed by atoms with van der Waals surface area (Å²) in [5, 5.41) is 0. The molecule has 6 nitrogen and oxygen atoms in total. The van der Waals surface area contributed by atoms with Crippen LogP contribution in [0.25, 0.3) is 0 Å². The first-order valence-electron chi connectivity index (χ1n) is 7.21. The number of rotatable bonds is 5. The maximum atomic E-state index is 11.1. The van der Waals surface area contributed by atoms with Crippen LogP contribution in [0.5, 0.6) is 11.5 Å². The van der Waals surface area contributed by atoms with E-state index in [4.69, 9.17) is 18.3 Å². The van der Waals surface area contributed by atoms with Gasteiger partial charge < -0.3 is 18.3 Å². The van der Waals surface area contributed by atoms with Crippen molar-refractivity contribution in [2.75, 3.05) is 13.8 Å². The standard InChI is InChI=1S/C16H19NO5/c1-10(17(3)8-15-11(2)21-16(18)22-15)6-12-4-5-13-14(7-12)20-9-19-13/h4-5,7,10H,6,8-9H2,1-3H3/t10-/m1/s1. The highest BCUT2D eigenvalue weighted by molar-refractivity contribution is 5.44. The van der Waals surface area contributed by atoms with Gasteiger partial charge in [-0.1, -0.05) is 6.07 Å². The second kappa shape index (κ2) is 5.88. The van der Waals surface area contributed by atoms with Gasteiger partial charge in [-0.2, -0.15) is 0 Å². The van der Waals surface area contributed by atoms with Gasteiger partial charge in [-0.05, 0) is 45.0 Å². The van der Waals surface area contributed by atoms with Crippen molar-refractivity contribution in [2.45, 2.75) is 32.9 Å². The van der Waals surface area contributed by atoms with Crippen molar-refractivity contribution >= 4 is 0 Å². The second-order valence-electron chi connectivity index (χ2n) is 5.59. The number of hydrogen-bond donors (Lipinski definition) is 0. The molecule has 2 aromatic rings. The van der Waals surface area contributed by atoms with Gasteiger partial charge in [-0.3, -0.25) is 4.90 Å². The number of aryl methyl sites for hydroxylation is 1. The highest BCUT2D eigenvalue weighted by atomic mass is 16.7. The summed E-state index contributed by atoms with van der Waals surface area (Å²) in [5.74, 6) is 2.05. The predicted molar refractivity (Wildman–Crippen MR) is 79.2 cm³/mol. The van der Waals surface area contributed by atoms with E-state index < -0.39 is 5.82 Å². The Labute approximate surface area is 128 Å². The number of ether oxygens (including phenoxy) is 2. The number of fused-ring (bicyclic) bond motifs is 1. The fraction of sp³-hybridized carbons (Fsp3) is 0.438. The summed E-state index contributed by atoms with van der Waals surface area (Å²) in [5.41, 5.74) is 1.17. The van der Waals surface area contributed by atoms with E-state index in [0.717, 1.165) is 17.9 Å². The Morgan fingerprint density at radius 3 is 2.73 bits per heavy atom. The maximum Gasteiger partial charge on any atom is 0.519 e. The molecule has 0 saturated carbocycles. The molecule has 0 radical (unpaired) electrons. The van der Waals surface area contributed by atoms with Crippen molar-refractivity contribution in [1.82, 2.24) is 4.90 Å². The van der Waals surface area contributed by atoms with E-state index in [0.29, 0.717) is 18.1 Å². The van der Waals surface area contributed by atoms with Gasteiger partial charge in [0, 0.05) is 6.04 Å². The van der Waals surface area contributed by atoms with Crippen molar-refractivity contribution in [3.8, 4) is 11.5 Å². The van der Waals surface area contributed by atoms with Crippen LogP contribution in [0.15, 0.2) is 31.8 Å². The van der Waals surface area contributed by atoms with E-state index in [1.165, 1.54) is 5.56 Å². The van der Waals surface area contributed by atoms with Crippen LogP contribution >= 0.6 is 0 Å². The molecule has 0 bridgehead atoms. The topological polar surface area (TPSA) is 65.1 Å². The van der Waals surface area contributed by atoms with Crippen molar-refractivity contribution < 1.29 is 18.3 Å². The van der Waals surface area contributed by atoms with E-state index in [2.05, 4.69) is 11.8 Å². The number of likely N-dealkylation sites (N-methyl/N-ethyl adjacent to an activating group) is 1. The fourth-order valence-corrected chi connectivity index (χ4v) is 2.47. The Morgan fingerprint density at radius 2 is 2.00 bits per heavy atom. The molecule has 0 saturated heterocycles. The third kappa shape index (κ3) is 3.01. The molecule has 1 aromatic carbocycles. The van der Waals surface area contributed by atoms with Gasteiger partial charge in [0.1, 0.15) is 5.76 Å². The van der Waals surface area contributed by atoms with Gasteiger partial charge in [-0.15, -0.1) is 0 Å². The summed E-state index contributed by atoms with van der Waals surface area (Å²) in [6.45, 7) is 4.67. The minimum absolute atomic E-state index is 0.264. The molecule has 3 rings (SSSR count). The third-order valence-corrected chi connectivity index (χ3v) is 3.95. The van der Waals surface area contributed by atoms with Crippen molar-refractivity contribution in [1.29, 1.82) is 0 Å². The molecule has 0 amide bonds. The van der Waals surface area contributed by atoms with Crippen LogP contribution in [-0.4, -0.2) is 24.8 Å². The Morgan fingerprint density at radius 1 is 1.23 bits per heavy atom. The minimum atomic E-state index is -0.649. The largest absolute Gasteiger partial charge is 0.519 e. The van der Waals surface area contributed by atoms with E-state index in [1.54, 1.807) is 6.92 Å². The lowest BCUT2D eigenvalue weighted by Gasteiger charge is -2.23. The average molecular weight is 305 g/mol.